The normalized spacial score (nSPS) is 10.3. The van der Waals surface area contributed by atoms with E-state index in [2.05, 4.69) is 4.98 Å². The van der Waals surface area contributed by atoms with Crippen LogP contribution in [0.3, 0.4) is 0 Å². The lowest BCUT2D eigenvalue weighted by Crippen LogP contribution is -1.86. The van der Waals surface area contributed by atoms with Gasteiger partial charge in [-0.25, -0.2) is 0 Å². The summed E-state index contributed by atoms with van der Waals surface area (Å²) in [5, 5.41) is 10.5. The molecule has 0 amide bonds. The number of halogens is 3. The average molecular weight is 258 g/mol. The molecule has 0 aliphatic rings. The fourth-order valence-corrected chi connectivity index (χ4v) is 1.86. The quantitative estimate of drug-likeness (QED) is 0.713. The van der Waals surface area contributed by atoms with Crippen LogP contribution in [0.4, 0.5) is 0 Å². The van der Waals surface area contributed by atoms with E-state index in [1.54, 1.807) is 12.1 Å². The smallest absolute Gasteiger partial charge is 0.102 e. The predicted molar refractivity (Wildman–Crippen MR) is 61.5 cm³/mol. The van der Waals surface area contributed by atoms with E-state index in [1.807, 2.05) is 6.07 Å². The van der Waals surface area contributed by atoms with Gasteiger partial charge in [0.05, 0.1) is 26.1 Å². The molecular formula is C10H3Cl3N2. The van der Waals surface area contributed by atoms with Gasteiger partial charge in [0, 0.05) is 11.6 Å². The number of nitrogens with zero attached hydrogens (tertiary/aromatic N) is 2. The Hall–Kier alpha value is -1.01. The molecule has 1 aromatic heterocycles. The van der Waals surface area contributed by atoms with Gasteiger partial charge < -0.3 is 0 Å². The van der Waals surface area contributed by atoms with Crippen LogP contribution in [0.25, 0.3) is 10.9 Å². The van der Waals surface area contributed by atoms with Gasteiger partial charge in [-0.3, -0.25) is 4.98 Å². The minimum Gasteiger partial charge on any atom is -0.253 e. The number of rotatable bonds is 0. The van der Waals surface area contributed by atoms with E-state index in [-0.39, 0.29) is 0 Å². The average Bonchev–Trinajstić information content (AvgIpc) is 2.24. The van der Waals surface area contributed by atoms with E-state index in [4.69, 9.17) is 40.1 Å². The third kappa shape index (κ3) is 1.63. The first-order chi connectivity index (χ1) is 7.15. The number of nitriles is 1. The third-order valence-electron chi connectivity index (χ3n) is 1.99. The van der Waals surface area contributed by atoms with Crippen molar-refractivity contribution in [3.8, 4) is 6.07 Å². The van der Waals surface area contributed by atoms with Crippen LogP contribution >= 0.6 is 34.8 Å². The maximum Gasteiger partial charge on any atom is 0.102 e. The SMILES string of the molecule is N#Cc1cnc2c(Cl)c(Cl)ccc2c1Cl. The molecule has 0 atom stereocenters. The van der Waals surface area contributed by atoms with Crippen molar-refractivity contribution in [3.63, 3.8) is 0 Å². The topological polar surface area (TPSA) is 36.7 Å². The summed E-state index contributed by atoms with van der Waals surface area (Å²) < 4.78 is 0. The van der Waals surface area contributed by atoms with Gasteiger partial charge in [-0.05, 0) is 12.1 Å². The highest BCUT2D eigenvalue weighted by Gasteiger charge is 2.10. The van der Waals surface area contributed by atoms with Gasteiger partial charge in [0.2, 0.25) is 0 Å². The zero-order valence-electron chi connectivity index (χ0n) is 7.26. The van der Waals surface area contributed by atoms with Gasteiger partial charge in [-0.15, -0.1) is 0 Å². The van der Waals surface area contributed by atoms with E-state index >= 15 is 0 Å². The van der Waals surface area contributed by atoms with Crippen molar-refractivity contribution in [2.45, 2.75) is 0 Å². The highest BCUT2D eigenvalue weighted by molar-refractivity contribution is 6.46. The molecule has 15 heavy (non-hydrogen) atoms. The lowest BCUT2D eigenvalue weighted by atomic mass is 10.2. The highest BCUT2D eigenvalue weighted by atomic mass is 35.5. The third-order valence-corrected chi connectivity index (χ3v) is 3.19. The minimum absolute atomic E-state index is 0.322. The van der Waals surface area contributed by atoms with Crippen LogP contribution in [0.1, 0.15) is 5.56 Å². The Kier molecular flexibility index (Phi) is 2.70. The molecule has 0 radical (unpaired) electrons. The van der Waals surface area contributed by atoms with E-state index in [9.17, 15) is 0 Å². The number of hydrogen-bond donors (Lipinski definition) is 0. The number of pyridine rings is 1. The lowest BCUT2D eigenvalue weighted by Gasteiger charge is -2.04. The summed E-state index contributed by atoms with van der Waals surface area (Å²) >= 11 is 17.8. The van der Waals surface area contributed by atoms with Crippen LogP contribution in [0.2, 0.25) is 15.1 Å². The Labute approximate surface area is 101 Å². The molecule has 0 N–H and O–H groups in total. The maximum absolute atomic E-state index is 8.77. The predicted octanol–water partition coefficient (Wildman–Crippen LogP) is 4.07. The van der Waals surface area contributed by atoms with Crippen LogP contribution in [0.5, 0.6) is 0 Å². The van der Waals surface area contributed by atoms with E-state index in [1.165, 1.54) is 6.20 Å². The fourth-order valence-electron chi connectivity index (χ4n) is 1.25. The second-order valence-electron chi connectivity index (χ2n) is 2.86. The number of fused-ring (bicyclic) bond motifs is 1. The van der Waals surface area contributed by atoms with E-state index in [0.717, 1.165) is 0 Å². The van der Waals surface area contributed by atoms with Crippen molar-refractivity contribution in [2.24, 2.45) is 0 Å². The zero-order valence-corrected chi connectivity index (χ0v) is 9.53. The molecule has 0 spiro atoms. The largest absolute Gasteiger partial charge is 0.253 e. The van der Waals surface area contributed by atoms with Crippen molar-refractivity contribution in [2.75, 3.05) is 0 Å². The molecule has 0 fully saturated rings. The maximum atomic E-state index is 8.77. The van der Waals surface area contributed by atoms with Crippen LogP contribution in [-0.2, 0) is 0 Å². The number of hydrogen-bond acceptors (Lipinski definition) is 2. The Morgan fingerprint density at radius 3 is 2.53 bits per heavy atom. The number of aromatic nitrogens is 1. The monoisotopic (exact) mass is 256 g/mol. The summed E-state index contributed by atoms with van der Waals surface area (Å²) in [4.78, 5) is 4.05. The fraction of sp³-hybridized carbons (Fsp3) is 0. The second-order valence-corrected chi connectivity index (χ2v) is 4.02. The van der Waals surface area contributed by atoms with E-state index < -0.39 is 0 Å². The van der Waals surface area contributed by atoms with Gasteiger partial charge in [0.25, 0.3) is 0 Å². The molecule has 0 saturated heterocycles. The molecule has 0 aliphatic carbocycles. The molecule has 0 unspecified atom stereocenters. The van der Waals surface area contributed by atoms with Crippen LogP contribution < -0.4 is 0 Å². The van der Waals surface area contributed by atoms with Crippen molar-refractivity contribution in [1.82, 2.24) is 4.98 Å². The molecule has 2 nitrogen and oxygen atoms in total. The summed E-state index contributed by atoms with van der Waals surface area (Å²) in [6, 6.07) is 5.27. The molecule has 1 heterocycles. The van der Waals surface area contributed by atoms with E-state index in [0.29, 0.717) is 31.5 Å². The highest BCUT2D eigenvalue weighted by Crippen LogP contribution is 2.33. The first-order valence-corrected chi connectivity index (χ1v) is 5.11. The van der Waals surface area contributed by atoms with Crippen molar-refractivity contribution >= 4 is 45.7 Å². The summed E-state index contributed by atoms with van der Waals surface area (Å²) in [5.74, 6) is 0. The van der Waals surface area contributed by atoms with Crippen molar-refractivity contribution < 1.29 is 0 Å². The molecule has 2 rings (SSSR count). The molecule has 74 valence electrons. The molecule has 0 aliphatic heterocycles. The van der Waals surface area contributed by atoms with Gasteiger partial charge >= 0.3 is 0 Å². The van der Waals surface area contributed by atoms with Crippen LogP contribution in [0, 0.1) is 11.3 Å². The van der Waals surface area contributed by atoms with Crippen LogP contribution in [-0.4, -0.2) is 4.98 Å². The standard InChI is InChI=1S/C10H3Cl3N2/c11-7-2-1-6-8(12)5(3-14)4-15-10(6)9(7)13/h1-2,4H. The van der Waals surface area contributed by atoms with Crippen LogP contribution in [0.15, 0.2) is 18.3 Å². The number of benzene rings is 1. The molecule has 0 saturated carbocycles. The molecule has 0 bridgehead atoms. The molecule has 5 heteroatoms. The minimum atomic E-state index is 0.322. The molecular weight excluding hydrogens is 254 g/mol. The van der Waals surface area contributed by atoms with Gasteiger partial charge in [-0.2, -0.15) is 5.26 Å². The summed E-state index contributed by atoms with van der Waals surface area (Å²) in [5.41, 5.74) is 0.829. The zero-order chi connectivity index (χ0) is 11.0. The summed E-state index contributed by atoms with van der Waals surface area (Å²) in [6.07, 6.45) is 1.38. The summed E-state index contributed by atoms with van der Waals surface area (Å²) in [7, 11) is 0. The van der Waals surface area contributed by atoms with Gasteiger partial charge in [-0.1, -0.05) is 34.8 Å². The van der Waals surface area contributed by atoms with Gasteiger partial charge in [0.15, 0.2) is 0 Å². The lowest BCUT2D eigenvalue weighted by molar-refractivity contribution is 1.37. The van der Waals surface area contributed by atoms with Crippen molar-refractivity contribution in [1.29, 1.82) is 5.26 Å². The van der Waals surface area contributed by atoms with Crippen molar-refractivity contribution in [3.05, 3.63) is 39.0 Å². The molecule has 1 aromatic carbocycles. The first kappa shape index (κ1) is 10.5. The Morgan fingerprint density at radius 1 is 1.13 bits per heavy atom. The molecule has 2 aromatic rings. The Morgan fingerprint density at radius 2 is 1.87 bits per heavy atom. The summed E-state index contributed by atoms with van der Waals surface area (Å²) in [6.45, 7) is 0. The van der Waals surface area contributed by atoms with Gasteiger partial charge in [0.1, 0.15) is 6.07 Å². The second kappa shape index (κ2) is 3.86. The Bertz CT molecular complexity index is 587. The Balaban J connectivity index is 2.93. The first-order valence-electron chi connectivity index (χ1n) is 3.97.